The Bertz CT molecular complexity index is 411. The minimum Gasteiger partial charge on any atom is -0.491 e. The maximum absolute atomic E-state index is 14.5. The fraction of sp³-hybridized carbons (Fsp3) is 0.714. The van der Waals surface area contributed by atoms with Crippen molar-refractivity contribution in [2.75, 3.05) is 6.61 Å². The zero-order valence-corrected chi connectivity index (χ0v) is 14.8. The summed E-state index contributed by atoms with van der Waals surface area (Å²) in [6.45, 7) is 4.77. The Kier molecular flexibility index (Phi) is 7.91. The lowest BCUT2D eigenvalue weighted by atomic mass is 9.73. The number of rotatable bonds is 9. The van der Waals surface area contributed by atoms with Crippen LogP contribution in [0.5, 0.6) is 5.75 Å². The van der Waals surface area contributed by atoms with Crippen molar-refractivity contribution in [3.8, 4) is 5.75 Å². The van der Waals surface area contributed by atoms with Gasteiger partial charge in [-0.2, -0.15) is 0 Å². The summed E-state index contributed by atoms with van der Waals surface area (Å²) in [5.41, 5.74) is 0. The van der Waals surface area contributed by atoms with Crippen molar-refractivity contribution in [2.24, 2.45) is 17.8 Å². The summed E-state index contributed by atoms with van der Waals surface area (Å²) in [5.74, 6) is 2.90. The molecule has 1 fully saturated rings. The normalized spacial score (nSPS) is 24.1. The van der Waals surface area contributed by atoms with Crippen molar-refractivity contribution in [2.45, 2.75) is 71.4 Å². The van der Waals surface area contributed by atoms with E-state index in [0.717, 1.165) is 17.6 Å². The fourth-order valence-corrected chi connectivity index (χ4v) is 3.87. The molecule has 0 amide bonds. The molecular formula is C21H33FO. The van der Waals surface area contributed by atoms with E-state index >= 15 is 0 Å². The largest absolute Gasteiger partial charge is 0.491 e. The molecular weight excluding hydrogens is 287 g/mol. The van der Waals surface area contributed by atoms with Crippen LogP contribution in [0.4, 0.5) is 4.39 Å². The second kappa shape index (κ2) is 9.95. The van der Waals surface area contributed by atoms with Gasteiger partial charge in [-0.1, -0.05) is 64.2 Å². The number of alkyl halides is 1. The first kappa shape index (κ1) is 18.3. The molecule has 0 aliphatic heterocycles. The van der Waals surface area contributed by atoms with Gasteiger partial charge < -0.3 is 4.74 Å². The predicted molar refractivity (Wildman–Crippen MR) is 95.6 cm³/mol. The standard InChI is InChI=1S/C21H33FO/c1-3-4-8-19(18-13-11-17(2)12-14-18)15-20(22)16-23-21-9-6-5-7-10-21/h5-7,9-10,17-20H,3-4,8,11-16H2,1-2H3/t17-,18-,19?,20?. The number of hydrogen-bond acceptors (Lipinski definition) is 1. The lowest BCUT2D eigenvalue weighted by molar-refractivity contribution is 0.122. The van der Waals surface area contributed by atoms with Gasteiger partial charge >= 0.3 is 0 Å². The quantitative estimate of drug-likeness (QED) is 0.509. The van der Waals surface area contributed by atoms with Gasteiger partial charge in [0.15, 0.2) is 0 Å². The van der Waals surface area contributed by atoms with E-state index in [2.05, 4.69) is 13.8 Å². The van der Waals surface area contributed by atoms with Gasteiger partial charge in [0.05, 0.1) is 0 Å². The molecule has 0 heterocycles. The SMILES string of the molecule is CCCCC(CC(F)COc1ccccc1)[C@H]1CC[C@H](C)CC1. The summed E-state index contributed by atoms with van der Waals surface area (Å²) in [4.78, 5) is 0. The predicted octanol–water partition coefficient (Wildman–Crippen LogP) is 6.43. The second-order valence-corrected chi connectivity index (χ2v) is 7.38. The number of unbranched alkanes of at least 4 members (excludes halogenated alkanes) is 1. The van der Waals surface area contributed by atoms with E-state index in [4.69, 9.17) is 4.74 Å². The van der Waals surface area contributed by atoms with Gasteiger partial charge in [-0.05, 0) is 49.1 Å². The van der Waals surface area contributed by atoms with Gasteiger partial charge in [0.1, 0.15) is 18.5 Å². The molecule has 2 heteroatoms. The average Bonchev–Trinajstić information content (AvgIpc) is 2.58. The highest BCUT2D eigenvalue weighted by Crippen LogP contribution is 2.37. The lowest BCUT2D eigenvalue weighted by Crippen LogP contribution is -2.26. The molecule has 2 unspecified atom stereocenters. The molecule has 1 aliphatic rings. The number of hydrogen-bond donors (Lipinski definition) is 0. The van der Waals surface area contributed by atoms with Crippen LogP contribution in [0.1, 0.15) is 65.2 Å². The van der Waals surface area contributed by atoms with Gasteiger partial charge in [0.2, 0.25) is 0 Å². The molecule has 2 rings (SSSR count). The van der Waals surface area contributed by atoms with Crippen LogP contribution in [0.3, 0.4) is 0 Å². The Balaban J connectivity index is 1.81. The van der Waals surface area contributed by atoms with Crippen molar-refractivity contribution in [1.82, 2.24) is 0 Å². The molecule has 0 aromatic heterocycles. The van der Waals surface area contributed by atoms with Crippen LogP contribution in [-0.4, -0.2) is 12.8 Å². The zero-order valence-electron chi connectivity index (χ0n) is 14.8. The third kappa shape index (κ3) is 6.53. The summed E-state index contributed by atoms with van der Waals surface area (Å²) >= 11 is 0. The minimum absolute atomic E-state index is 0.190. The van der Waals surface area contributed by atoms with Gasteiger partial charge in [-0.25, -0.2) is 4.39 Å². The van der Waals surface area contributed by atoms with Gasteiger partial charge in [-0.15, -0.1) is 0 Å². The Hall–Kier alpha value is -1.05. The Morgan fingerprint density at radius 3 is 2.48 bits per heavy atom. The number of ether oxygens (including phenoxy) is 1. The van der Waals surface area contributed by atoms with Crippen LogP contribution < -0.4 is 4.74 Å². The number of halogens is 1. The van der Waals surface area contributed by atoms with Gasteiger partial charge in [-0.3, -0.25) is 0 Å². The van der Waals surface area contributed by atoms with Crippen molar-refractivity contribution in [3.63, 3.8) is 0 Å². The van der Waals surface area contributed by atoms with Crippen molar-refractivity contribution < 1.29 is 9.13 Å². The summed E-state index contributed by atoms with van der Waals surface area (Å²) in [5, 5.41) is 0. The highest BCUT2D eigenvalue weighted by Gasteiger charge is 2.28. The van der Waals surface area contributed by atoms with E-state index < -0.39 is 6.17 Å². The molecule has 1 saturated carbocycles. The molecule has 1 aromatic carbocycles. The van der Waals surface area contributed by atoms with E-state index in [9.17, 15) is 4.39 Å². The molecule has 0 radical (unpaired) electrons. The minimum atomic E-state index is -0.851. The van der Waals surface area contributed by atoms with Crippen LogP contribution in [0.25, 0.3) is 0 Å². The van der Waals surface area contributed by atoms with Crippen LogP contribution in [0.15, 0.2) is 30.3 Å². The third-order valence-corrected chi connectivity index (χ3v) is 5.39. The van der Waals surface area contributed by atoms with E-state index in [-0.39, 0.29) is 6.61 Å². The zero-order chi connectivity index (χ0) is 16.5. The second-order valence-electron chi connectivity index (χ2n) is 7.38. The topological polar surface area (TPSA) is 9.23 Å². The maximum atomic E-state index is 14.5. The molecule has 130 valence electrons. The molecule has 0 spiro atoms. The smallest absolute Gasteiger partial charge is 0.134 e. The fourth-order valence-electron chi connectivity index (χ4n) is 3.87. The summed E-state index contributed by atoms with van der Waals surface area (Å²) in [6, 6.07) is 9.59. The van der Waals surface area contributed by atoms with E-state index in [0.29, 0.717) is 12.3 Å². The van der Waals surface area contributed by atoms with Crippen LogP contribution >= 0.6 is 0 Å². The first-order chi connectivity index (χ1) is 11.2. The van der Waals surface area contributed by atoms with Crippen LogP contribution in [0.2, 0.25) is 0 Å². The van der Waals surface area contributed by atoms with Crippen molar-refractivity contribution in [1.29, 1.82) is 0 Å². The summed E-state index contributed by atoms with van der Waals surface area (Å²) < 4.78 is 20.1. The lowest BCUT2D eigenvalue weighted by Gasteiger charge is -2.33. The molecule has 0 N–H and O–H groups in total. The van der Waals surface area contributed by atoms with Gasteiger partial charge in [0, 0.05) is 0 Å². The van der Waals surface area contributed by atoms with Crippen molar-refractivity contribution >= 4 is 0 Å². The Labute approximate surface area is 141 Å². The molecule has 2 atom stereocenters. The molecule has 1 aliphatic carbocycles. The highest BCUT2D eigenvalue weighted by molar-refractivity contribution is 5.20. The first-order valence-electron chi connectivity index (χ1n) is 9.51. The summed E-state index contributed by atoms with van der Waals surface area (Å²) in [6.07, 6.45) is 8.67. The first-order valence-corrected chi connectivity index (χ1v) is 9.51. The third-order valence-electron chi connectivity index (χ3n) is 5.39. The summed E-state index contributed by atoms with van der Waals surface area (Å²) in [7, 11) is 0. The maximum Gasteiger partial charge on any atom is 0.134 e. The molecule has 23 heavy (non-hydrogen) atoms. The molecule has 0 bridgehead atoms. The molecule has 0 saturated heterocycles. The monoisotopic (exact) mass is 320 g/mol. The molecule has 1 nitrogen and oxygen atoms in total. The number of para-hydroxylation sites is 1. The molecule has 1 aromatic rings. The van der Waals surface area contributed by atoms with Gasteiger partial charge in [0.25, 0.3) is 0 Å². The van der Waals surface area contributed by atoms with Crippen LogP contribution in [-0.2, 0) is 0 Å². The van der Waals surface area contributed by atoms with E-state index in [1.165, 1.54) is 44.9 Å². The number of benzene rings is 1. The van der Waals surface area contributed by atoms with E-state index in [1.807, 2.05) is 30.3 Å². The van der Waals surface area contributed by atoms with Crippen LogP contribution in [0, 0.1) is 17.8 Å². The Morgan fingerprint density at radius 2 is 1.83 bits per heavy atom. The van der Waals surface area contributed by atoms with Crippen molar-refractivity contribution in [3.05, 3.63) is 30.3 Å². The van der Waals surface area contributed by atoms with E-state index in [1.54, 1.807) is 0 Å². The highest BCUT2D eigenvalue weighted by atomic mass is 19.1. The average molecular weight is 320 g/mol. The Morgan fingerprint density at radius 1 is 1.13 bits per heavy atom.